The van der Waals surface area contributed by atoms with Crippen molar-refractivity contribution in [2.24, 2.45) is 56.2 Å². The molecule has 0 unspecified atom stereocenters. The highest BCUT2D eigenvalue weighted by Gasteiger charge is 2.70. The average molecular weight is 429 g/mol. The van der Waals surface area contributed by atoms with E-state index in [1.165, 1.54) is 64.2 Å². The predicted molar refractivity (Wildman–Crippen MR) is 131 cm³/mol. The second-order valence-electron chi connectivity index (χ2n) is 15.4. The first kappa shape index (κ1) is 22.7. The molecule has 0 bridgehead atoms. The second kappa shape index (κ2) is 6.55. The molecule has 1 heteroatoms. The number of aliphatic hydroxyl groups is 1. The highest BCUT2D eigenvalue weighted by atomic mass is 16.3. The molecule has 0 radical (unpaired) electrons. The van der Waals surface area contributed by atoms with Crippen molar-refractivity contribution in [1.82, 2.24) is 0 Å². The summed E-state index contributed by atoms with van der Waals surface area (Å²) < 4.78 is 0. The molecule has 0 aromatic rings. The number of rotatable bonds is 0. The van der Waals surface area contributed by atoms with E-state index in [1.54, 1.807) is 0 Å². The van der Waals surface area contributed by atoms with E-state index < -0.39 is 0 Å². The second-order valence-corrected chi connectivity index (χ2v) is 15.4. The maximum absolute atomic E-state index is 10.9. The Morgan fingerprint density at radius 2 is 1.03 bits per heavy atom. The van der Waals surface area contributed by atoms with E-state index in [0.29, 0.717) is 33.0 Å². The molecule has 0 aliphatic heterocycles. The minimum absolute atomic E-state index is 0.0725. The number of hydrogen-bond donors (Lipinski definition) is 1. The topological polar surface area (TPSA) is 20.2 Å². The monoisotopic (exact) mass is 428 g/mol. The van der Waals surface area contributed by atoms with Crippen molar-refractivity contribution < 1.29 is 5.11 Å². The molecule has 0 heterocycles. The van der Waals surface area contributed by atoms with Gasteiger partial charge in [-0.1, -0.05) is 61.8 Å². The molecular weight excluding hydrogens is 376 g/mol. The molecule has 5 aliphatic rings. The van der Waals surface area contributed by atoms with Gasteiger partial charge in [-0.3, -0.25) is 0 Å². The van der Waals surface area contributed by atoms with Crippen molar-refractivity contribution in [3.05, 3.63) is 0 Å². The van der Waals surface area contributed by atoms with Gasteiger partial charge in [0.15, 0.2) is 0 Å². The van der Waals surface area contributed by atoms with Gasteiger partial charge in [0.25, 0.3) is 0 Å². The molecule has 0 aromatic carbocycles. The van der Waals surface area contributed by atoms with Gasteiger partial charge in [-0.15, -0.1) is 0 Å². The smallest absolute Gasteiger partial charge is 0.0594 e. The summed E-state index contributed by atoms with van der Waals surface area (Å²) in [6, 6.07) is 0. The number of hydrogen-bond acceptors (Lipinski definition) is 1. The SMILES string of the molecule is CC1(C)CCC[C@]2(C)[C@@H]1CC[C@@]1(C)[C@@H]2CC[C@H]2[C@@]3(C)CC[C@H](O)C(C)(C)[C@@H]3CC[C@]21C. The Kier molecular flexibility index (Phi) is 4.80. The highest BCUT2D eigenvalue weighted by Crippen LogP contribution is 2.78. The van der Waals surface area contributed by atoms with E-state index in [-0.39, 0.29) is 11.5 Å². The fraction of sp³-hybridized carbons (Fsp3) is 1.00. The van der Waals surface area contributed by atoms with E-state index in [9.17, 15) is 5.11 Å². The third-order valence-electron chi connectivity index (χ3n) is 13.9. The van der Waals surface area contributed by atoms with Gasteiger partial charge in [0.1, 0.15) is 0 Å². The Hall–Kier alpha value is -0.0400. The number of fused-ring (bicyclic) bond motifs is 7. The molecule has 5 saturated carbocycles. The summed E-state index contributed by atoms with van der Waals surface area (Å²) in [5.74, 6) is 3.34. The lowest BCUT2D eigenvalue weighted by Crippen LogP contribution is -2.68. The molecule has 5 rings (SSSR count). The molecular formula is C30H52O. The van der Waals surface area contributed by atoms with Gasteiger partial charge < -0.3 is 5.11 Å². The summed E-state index contributed by atoms with van der Waals surface area (Å²) in [6.07, 6.45) is 15.1. The third kappa shape index (κ3) is 2.65. The fourth-order valence-corrected chi connectivity index (χ4v) is 12.2. The first-order valence-corrected chi connectivity index (χ1v) is 13.9. The predicted octanol–water partition coefficient (Wildman–Crippen LogP) is 8.25. The van der Waals surface area contributed by atoms with Gasteiger partial charge in [-0.2, -0.15) is 0 Å². The molecule has 31 heavy (non-hydrogen) atoms. The Bertz CT molecular complexity index is 737. The molecule has 5 fully saturated rings. The van der Waals surface area contributed by atoms with E-state index in [2.05, 4.69) is 55.4 Å². The lowest BCUT2D eigenvalue weighted by atomic mass is 9.30. The molecule has 178 valence electrons. The van der Waals surface area contributed by atoms with Crippen LogP contribution in [0.25, 0.3) is 0 Å². The van der Waals surface area contributed by atoms with Gasteiger partial charge in [0, 0.05) is 0 Å². The zero-order valence-corrected chi connectivity index (χ0v) is 22.1. The molecule has 0 saturated heterocycles. The van der Waals surface area contributed by atoms with E-state index >= 15 is 0 Å². The summed E-state index contributed by atoms with van der Waals surface area (Å²) in [7, 11) is 0. The maximum atomic E-state index is 10.9. The van der Waals surface area contributed by atoms with Crippen LogP contribution < -0.4 is 0 Å². The van der Waals surface area contributed by atoms with Crippen LogP contribution in [0.4, 0.5) is 0 Å². The molecule has 9 atom stereocenters. The quantitative estimate of drug-likeness (QED) is 0.412. The van der Waals surface area contributed by atoms with Gasteiger partial charge in [-0.05, 0) is 120 Å². The van der Waals surface area contributed by atoms with Crippen molar-refractivity contribution in [2.75, 3.05) is 0 Å². The van der Waals surface area contributed by atoms with E-state index in [0.717, 1.165) is 24.2 Å². The van der Waals surface area contributed by atoms with Crippen LogP contribution in [0.3, 0.4) is 0 Å². The minimum Gasteiger partial charge on any atom is -0.393 e. The van der Waals surface area contributed by atoms with E-state index in [1.807, 2.05) is 0 Å². The number of aliphatic hydroxyl groups excluding tert-OH is 1. The Balaban J connectivity index is 1.54. The van der Waals surface area contributed by atoms with Crippen LogP contribution in [-0.4, -0.2) is 11.2 Å². The molecule has 1 N–H and O–H groups in total. The standard InChI is InChI=1S/C30H52O/c1-25(2)15-9-16-27(5)20(25)12-18-29(7)22(27)10-11-23-28(6)17-14-24(31)26(3,4)21(28)13-19-30(23,29)8/h20-24,31H,9-19H2,1-8H3/t20-,21+,22-,23+,24+,27-,28+,29+,30-/m1/s1. The van der Waals surface area contributed by atoms with Crippen LogP contribution in [0.5, 0.6) is 0 Å². The molecule has 5 aliphatic carbocycles. The summed E-state index contributed by atoms with van der Waals surface area (Å²) in [4.78, 5) is 0. The van der Waals surface area contributed by atoms with Crippen molar-refractivity contribution in [1.29, 1.82) is 0 Å². The summed E-state index contributed by atoms with van der Waals surface area (Å²) in [6.45, 7) is 20.9. The lowest BCUT2D eigenvalue weighted by molar-refractivity contribution is -0.263. The highest BCUT2D eigenvalue weighted by molar-refractivity contribution is 5.19. The van der Waals surface area contributed by atoms with Crippen LogP contribution in [0.2, 0.25) is 0 Å². The van der Waals surface area contributed by atoms with Crippen molar-refractivity contribution in [3.63, 3.8) is 0 Å². The first-order chi connectivity index (χ1) is 14.2. The molecule has 0 aromatic heterocycles. The zero-order valence-electron chi connectivity index (χ0n) is 22.1. The van der Waals surface area contributed by atoms with Gasteiger partial charge in [-0.25, -0.2) is 0 Å². The third-order valence-corrected chi connectivity index (χ3v) is 13.9. The van der Waals surface area contributed by atoms with Gasteiger partial charge >= 0.3 is 0 Å². The first-order valence-electron chi connectivity index (χ1n) is 13.9. The summed E-state index contributed by atoms with van der Waals surface area (Å²) in [5, 5.41) is 10.9. The van der Waals surface area contributed by atoms with Crippen LogP contribution in [0.1, 0.15) is 126 Å². The molecule has 1 nitrogen and oxygen atoms in total. The molecule has 0 spiro atoms. The summed E-state index contributed by atoms with van der Waals surface area (Å²) >= 11 is 0. The summed E-state index contributed by atoms with van der Waals surface area (Å²) in [5.41, 5.74) is 2.51. The lowest BCUT2D eigenvalue weighted by Gasteiger charge is -2.74. The van der Waals surface area contributed by atoms with Crippen molar-refractivity contribution in [2.45, 2.75) is 132 Å². The van der Waals surface area contributed by atoms with Gasteiger partial charge in [0.05, 0.1) is 6.10 Å². The Morgan fingerprint density at radius 1 is 0.516 bits per heavy atom. The van der Waals surface area contributed by atoms with Crippen molar-refractivity contribution in [3.8, 4) is 0 Å². The average Bonchev–Trinajstić information content (AvgIpc) is 2.65. The Morgan fingerprint density at radius 3 is 1.61 bits per heavy atom. The van der Waals surface area contributed by atoms with Crippen molar-refractivity contribution >= 4 is 0 Å². The van der Waals surface area contributed by atoms with Crippen LogP contribution >= 0.6 is 0 Å². The minimum atomic E-state index is -0.110. The van der Waals surface area contributed by atoms with Crippen LogP contribution in [0.15, 0.2) is 0 Å². The normalized spacial score (nSPS) is 57.8. The molecule has 0 amide bonds. The largest absolute Gasteiger partial charge is 0.393 e. The van der Waals surface area contributed by atoms with Crippen LogP contribution in [0, 0.1) is 56.2 Å². The van der Waals surface area contributed by atoms with Gasteiger partial charge in [0.2, 0.25) is 0 Å². The van der Waals surface area contributed by atoms with E-state index in [4.69, 9.17) is 0 Å². The Labute approximate surface area is 193 Å². The van der Waals surface area contributed by atoms with Crippen LogP contribution in [-0.2, 0) is 0 Å². The zero-order chi connectivity index (χ0) is 22.7. The maximum Gasteiger partial charge on any atom is 0.0594 e. The fourth-order valence-electron chi connectivity index (χ4n) is 12.2.